The number of oxazole rings is 1. The molecule has 0 atom stereocenters. The summed E-state index contributed by atoms with van der Waals surface area (Å²) in [5, 5.41) is 3.11. The van der Waals surface area contributed by atoms with Crippen LogP contribution in [0.25, 0.3) is 11.1 Å². The minimum absolute atomic E-state index is 0.0394. The Kier molecular flexibility index (Phi) is 6.09. The number of nitrogens with one attached hydrogen (secondary N) is 1. The van der Waals surface area contributed by atoms with Gasteiger partial charge in [0, 0.05) is 13.1 Å². The first-order chi connectivity index (χ1) is 14.4. The van der Waals surface area contributed by atoms with Crippen molar-refractivity contribution in [2.24, 2.45) is 0 Å². The van der Waals surface area contributed by atoms with Crippen molar-refractivity contribution in [2.75, 3.05) is 37.4 Å². The maximum Gasteiger partial charge on any atom is 0.257 e. The summed E-state index contributed by atoms with van der Waals surface area (Å²) in [4.78, 5) is 16.9. The molecule has 4 rings (SSSR count). The Morgan fingerprint density at radius 3 is 2.73 bits per heavy atom. The molecule has 2 aromatic carbocycles. The van der Waals surface area contributed by atoms with Crippen molar-refractivity contribution in [1.82, 2.24) is 9.29 Å². The van der Waals surface area contributed by atoms with Gasteiger partial charge in [0.25, 0.3) is 5.22 Å². The van der Waals surface area contributed by atoms with Crippen LogP contribution in [0.2, 0.25) is 0 Å². The van der Waals surface area contributed by atoms with Crippen LogP contribution >= 0.6 is 11.8 Å². The quantitative estimate of drug-likeness (QED) is 0.580. The summed E-state index contributed by atoms with van der Waals surface area (Å²) in [7, 11) is -3.74. The molecule has 1 aliphatic heterocycles. The van der Waals surface area contributed by atoms with E-state index in [2.05, 4.69) is 10.3 Å². The van der Waals surface area contributed by atoms with E-state index in [0.717, 1.165) is 22.8 Å². The van der Waals surface area contributed by atoms with E-state index in [-0.39, 0.29) is 35.3 Å². The van der Waals surface area contributed by atoms with Crippen LogP contribution in [0.3, 0.4) is 0 Å². The second kappa shape index (κ2) is 8.76. The van der Waals surface area contributed by atoms with Gasteiger partial charge in [0.2, 0.25) is 15.9 Å². The number of rotatable bonds is 6. The van der Waals surface area contributed by atoms with Crippen LogP contribution in [0.4, 0.5) is 5.69 Å². The van der Waals surface area contributed by atoms with Crippen molar-refractivity contribution in [3.63, 3.8) is 0 Å². The van der Waals surface area contributed by atoms with Crippen LogP contribution in [-0.4, -0.2) is 55.7 Å². The van der Waals surface area contributed by atoms with E-state index in [1.54, 1.807) is 18.2 Å². The van der Waals surface area contributed by atoms with E-state index >= 15 is 0 Å². The van der Waals surface area contributed by atoms with Crippen molar-refractivity contribution in [1.29, 1.82) is 0 Å². The van der Waals surface area contributed by atoms with Gasteiger partial charge in [-0.25, -0.2) is 13.4 Å². The second-order valence-corrected chi connectivity index (χ2v) is 9.63. The van der Waals surface area contributed by atoms with Gasteiger partial charge in [0.1, 0.15) is 10.4 Å². The molecular weight excluding hydrogens is 426 g/mol. The Morgan fingerprint density at radius 2 is 1.97 bits per heavy atom. The topological polar surface area (TPSA) is 102 Å². The maximum absolute atomic E-state index is 13.1. The van der Waals surface area contributed by atoms with Gasteiger partial charge in [-0.3, -0.25) is 4.79 Å². The predicted molar refractivity (Wildman–Crippen MR) is 114 cm³/mol. The number of aryl methyl sites for hydroxylation is 1. The van der Waals surface area contributed by atoms with Crippen LogP contribution in [0.5, 0.6) is 0 Å². The van der Waals surface area contributed by atoms with Crippen LogP contribution in [0.1, 0.15) is 5.56 Å². The molecule has 1 aromatic heterocycles. The number of carbonyl (C=O) groups is 1. The van der Waals surface area contributed by atoms with Crippen molar-refractivity contribution < 1.29 is 22.4 Å². The lowest BCUT2D eigenvalue weighted by Gasteiger charge is -2.27. The lowest BCUT2D eigenvalue weighted by atomic mass is 10.2. The van der Waals surface area contributed by atoms with E-state index < -0.39 is 10.0 Å². The lowest BCUT2D eigenvalue weighted by Crippen LogP contribution is -2.41. The summed E-state index contributed by atoms with van der Waals surface area (Å²) in [6.07, 6.45) is 0. The molecule has 158 valence electrons. The van der Waals surface area contributed by atoms with E-state index in [0.29, 0.717) is 24.0 Å². The minimum atomic E-state index is -3.74. The third-order valence-corrected chi connectivity index (χ3v) is 7.37. The highest BCUT2D eigenvalue weighted by Gasteiger charge is 2.29. The van der Waals surface area contributed by atoms with Gasteiger partial charge < -0.3 is 14.5 Å². The van der Waals surface area contributed by atoms with E-state index in [1.165, 1.54) is 4.31 Å². The van der Waals surface area contributed by atoms with Crippen molar-refractivity contribution in [3.8, 4) is 0 Å². The Hall–Kier alpha value is -2.40. The molecule has 0 bridgehead atoms. The highest BCUT2D eigenvalue weighted by molar-refractivity contribution is 7.99. The fourth-order valence-electron chi connectivity index (χ4n) is 3.10. The summed E-state index contributed by atoms with van der Waals surface area (Å²) in [6, 6.07) is 12.3. The van der Waals surface area contributed by atoms with Gasteiger partial charge in [-0.05, 0) is 36.8 Å². The molecule has 1 aliphatic rings. The number of nitrogens with zero attached hydrogens (tertiary/aromatic N) is 2. The average molecular weight is 448 g/mol. The molecule has 1 fully saturated rings. The Morgan fingerprint density at radius 1 is 1.20 bits per heavy atom. The lowest BCUT2D eigenvalue weighted by molar-refractivity contribution is -0.113. The molecule has 8 nitrogen and oxygen atoms in total. The van der Waals surface area contributed by atoms with Gasteiger partial charge in [-0.1, -0.05) is 30.0 Å². The largest absolute Gasteiger partial charge is 0.431 e. The van der Waals surface area contributed by atoms with Crippen LogP contribution in [0, 0.1) is 6.92 Å². The number of hydrogen-bond acceptors (Lipinski definition) is 7. The third-order valence-electron chi connectivity index (χ3n) is 4.60. The van der Waals surface area contributed by atoms with Crippen molar-refractivity contribution in [3.05, 3.63) is 48.0 Å². The third kappa shape index (κ3) is 4.51. The highest BCUT2D eigenvalue weighted by Crippen LogP contribution is 2.28. The van der Waals surface area contributed by atoms with E-state index in [1.807, 2.05) is 31.2 Å². The highest BCUT2D eigenvalue weighted by atomic mass is 32.2. The number of fused-ring (bicyclic) bond motifs is 1. The number of aromatic nitrogens is 1. The number of morpholine rings is 1. The molecule has 0 radical (unpaired) electrons. The number of ether oxygens (including phenoxy) is 1. The first-order valence-electron chi connectivity index (χ1n) is 9.40. The normalized spacial score (nSPS) is 15.4. The zero-order valence-electron chi connectivity index (χ0n) is 16.3. The molecule has 3 aromatic rings. The molecule has 1 N–H and O–H groups in total. The Balaban J connectivity index is 1.49. The maximum atomic E-state index is 13.1. The number of para-hydroxylation sites is 2. The Labute approximate surface area is 178 Å². The fraction of sp³-hybridized carbons (Fsp3) is 0.300. The van der Waals surface area contributed by atoms with Crippen LogP contribution in [-0.2, 0) is 19.6 Å². The SMILES string of the molecule is Cc1ccc(NC(=O)CSc2nc3ccccc3o2)c(S(=O)(=O)N2CCOCC2)c1. The fourth-order valence-corrected chi connectivity index (χ4v) is 5.38. The number of sulfonamides is 1. The molecule has 30 heavy (non-hydrogen) atoms. The number of amides is 1. The predicted octanol–water partition coefficient (Wildman–Crippen LogP) is 2.89. The summed E-state index contributed by atoms with van der Waals surface area (Å²) >= 11 is 1.15. The smallest absolute Gasteiger partial charge is 0.257 e. The second-order valence-electron chi connectivity index (χ2n) is 6.80. The molecule has 0 saturated carbocycles. The summed E-state index contributed by atoms with van der Waals surface area (Å²) in [5.74, 6) is -0.304. The van der Waals surface area contributed by atoms with Crippen LogP contribution in [0.15, 0.2) is 57.0 Å². The molecule has 2 heterocycles. The summed E-state index contributed by atoms with van der Waals surface area (Å²) in [5.41, 5.74) is 2.42. The van der Waals surface area contributed by atoms with Gasteiger partial charge in [-0.15, -0.1) is 0 Å². The first-order valence-corrected chi connectivity index (χ1v) is 11.8. The number of thioether (sulfide) groups is 1. The van der Waals surface area contributed by atoms with Gasteiger partial charge in [-0.2, -0.15) is 4.31 Å². The first kappa shape index (κ1) is 20.9. The van der Waals surface area contributed by atoms with Crippen molar-refractivity contribution >= 4 is 44.5 Å². The monoisotopic (exact) mass is 447 g/mol. The standard InChI is InChI=1S/C20H21N3O5S2/c1-14-6-7-16(18(12-14)30(25,26)23-8-10-27-11-9-23)21-19(24)13-29-20-22-15-4-2-3-5-17(15)28-20/h2-7,12H,8-11,13H2,1H3,(H,21,24). The van der Waals surface area contributed by atoms with E-state index in [9.17, 15) is 13.2 Å². The summed E-state index contributed by atoms with van der Waals surface area (Å²) in [6.45, 7) is 3.10. The number of hydrogen-bond donors (Lipinski definition) is 1. The number of anilines is 1. The van der Waals surface area contributed by atoms with Gasteiger partial charge in [0.15, 0.2) is 5.58 Å². The molecule has 10 heteroatoms. The zero-order chi connectivity index (χ0) is 21.1. The van der Waals surface area contributed by atoms with Gasteiger partial charge in [0.05, 0.1) is 24.7 Å². The molecule has 0 unspecified atom stereocenters. The molecule has 0 spiro atoms. The minimum Gasteiger partial charge on any atom is -0.431 e. The molecule has 1 amide bonds. The molecular formula is C20H21N3O5S2. The molecule has 0 aliphatic carbocycles. The Bertz CT molecular complexity index is 1140. The number of carbonyl (C=O) groups excluding carboxylic acids is 1. The zero-order valence-corrected chi connectivity index (χ0v) is 18.0. The molecule has 1 saturated heterocycles. The number of benzene rings is 2. The van der Waals surface area contributed by atoms with Crippen molar-refractivity contribution in [2.45, 2.75) is 17.0 Å². The van der Waals surface area contributed by atoms with Gasteiger partial charge >= 0.3 is 0 Å². The summed E-state index contributed by atoms with van der Waals surface area (Å²) < 4.78 is 38.5. The van der Waals surface area contributed by atoms with E-state index in [4.69, 9.17) is 9.15 Å². The average Bonchev–Trinajstić information content (AvgIpc) is 3.17. The van der Waals surface area contributed by atoms with Crippen LogP contribution < -0.4 is 5.32 Å².